The molecule has 0 aliphatic carbocycles. The van der Waals surface area contributed by atoms with E-state index < -0.39 is 0 Å². The molecule has 0 fully saturated rings. The maximum Gasteiger partial charge on any atom is 0.225 e. The van der Waals surface area contributed by atoms with E-state index in [-0.39, 0.29) is 0 Å². The van der Waals surface area contributed by atoms with Gasteiger partial charge in [0.2, 0.25) is 5.95 Å². The molecule has 4 heteroatoms. The van der Waals surface area contributed by atoms with Crippen LogP contribution in [0.25, 0.3) is 0 Å². The Labute approximate surface area is 93.7 Å². The van der Waals surface area contributed by atoms with E-state index in [1.54, 1.807) is 12.4 Å². The van der Waals surface area contributed by atoms with Crippen LogP contribution in [-0.2, 0) is 0 Å². The summed E-state index contributed by atoms with van der Waals surface area (Å²) in [5, 5.41) is 0. The van der Waals surface area contributed by atoms with Gasteiger partial charge in [-0.25, -0.2) is 9.97 Å². The summed E-state index contributed by atoms with van der Waals surface area (Å²) in [5.74, 6) is 0.793. The lowest BCUT2D eigenvalue weighted by Gasteiger charge is -2.25. The Morgan fingerprint density at radius 1 is 1.29 bits per heavy atom. The first-order valence-electron chi connectivity index (χ1n) is 4.89. The standard InChI is InChI=1S/C10H16BrN3/c1-4-9(5-2)14(3)10-12-6-8(11)7-13-10/h6-7,9H,4-5H2,1-3H3. The van der Waals surface area contributed by atoms with Crippen LogP contribution in [0.3, 0.4) is 0 Å². The maximum absolute atomic E-state index is 4.26. The molecule has 0 N–H and O–H groups in total. The summed E-state index contributed by atoms with van der Waals surface area (Å²) in [5.41, 5.74) is 0. The SMILES string of the molecule is CCC(CC)N(C)c1ncc(Br)cn1. The summed E-state index contributed by atoms with van der Waals surface area (Å²) >= 11 is 3.32. The Bertz CT molecular complexity index is 269. The lowest BCUT2D eigenvalue weighted by atomic mass is 10.1. The molecule has 3 nitrogen and oxygen atoms in total. The van der Waals surface area contributed by atoms with Crippen molar-refractivity contribution in [3.8, 4) is 0 Å². The fraction of sp³-hybridized carbons (Fsp3) is 0.600. The quantitative estimate of drug-likeness (QED) is 0.831. The van der Waals surface area contributed by atoms with Gasteiger partial charge in [0.1, 0.15) is 0 Å². The third-order valence-electron chi connectivity index (χ3n) is 2.41. The second-order valence-corrected chi connectivity index (χ2v) is 4.20. The van der Waals surface area contributed by atoms with Crippen molar-refractivity contribution in [1.82, 2.24) is 9.97 Å². The Morgan fingerprint density at radius 3 is 2.21 bits per heavy atom. The van der Waals surface area contributed by atoms with Gasteiger partial charge in [-0.3, -0.25) is 0 Å². The summed E-state index contributed by atoms with van der Waals surface area (Å²) in [6.45, 7) is 4.37. The maximum atomic E-state index is 4.26. The molecule has 0 saturated heterocycles. The molecule has 1 aromatic heterocycles. The molecule has 0 amide bonds. The van der Waals surface area contributed by atoms with Crippen LogP contribution >= 0.6 is 15.9 Å². The summed E-state index contributed by atoms with van der Waals surface area (Å²) in [7, 11) is 2.04. The third-order valence-corrected chi connectivity index (χ3v) is 2.82. The molecule has 0 aliphatic rings. The van der Waals surface area contributed by atoms with Crippen molar-refractivity contribution < 1.29 is 0 Å². The number of nitrogens with zero attached hydrogens (tertiary/aromatic N) is 3. The fourth-order valence-electron chi connectivity index (χ4n) is 1.49. The highest BCUT2D eigenvalue weighted by molar-refractivity contribution is 9.10. The van der Waals surface area contributed by atoms with E-state index in [0.717, 1.165) is 23.3 Å². The van der Waals surface area contributed by atoms with Crippen LogP contribution in [0.5, 0.6) is 0 Å². The normalized spacial score (nSPS) is 10.6. The van der Waals surface area contributed by atoms with E-state index in [1.165, 1.54) is 0 Å². The number of hydrogen-bond acceptors (Lipinski definition) is 3. The summed E-state index contributed by atoms with van der Waals surface area (Å²) in [6.07, 6.45) is 5.79. The fourth-order valence-corrected chi connectivity index (χ4v) is 1.69. The average Bonchev–Trinajstić information content (AvgIpc) is 2.20. The first kappa shape index (κ1) is 11.4. The van der Waals surface area contributed by atoms with Crippen LogP contribution < -0.4 is 4.90 Å². The molecule has 1 aromatic rings. The van der Waals surface area contributed by atoms with Gasteiger partial charge in [0, 0.05) is 25.5 Å². The van der Waals surface area contributed by atoms with Crippen LogP contribution in [0, 0.1) is 0 Å². The van der Waals surface area contributed by atoms with E-state index >= 15 is 0 Å². The van der Waals surface area contributed by atoms with Crippen LogP contribution in [0.15, 0.2) is 16.9 Å². The predicted molar refractivity (Wildman–Crippen MR) is 62.5 cm³/mol. The van der Waals surface area contributed by atoms with Crippen molar-refractivity contribution in [2.24, 2.45) is 0 Å². The Kier molecular flexibility index (Phi) is 4.32. The molecule has 0 aliphatic heterocycles. The number of hydrogen-bond donors (Lipinski definition) is 0. The largest absolute Gasteiger partial charge is 0.341 e. The second kappa shape index (κ2) is 5.29. The second-order valence-electron chi connectivity index (χ2n) is 3.28. The lowest BCUT2D eigenvalue weighted by Crippen LogP contribution is -2.31. The van der Waals surface area contributed by atoms with Gasteiger partial charge >= 0.3 is 0 Å². The smallest absolute Gasteiger partial charge is 0.225 e. The van der Waals surface area contributed by atoms with Gasteiger partial charge in [-0.15, -0.1) is 0 Å². The van der Waals surface area contributed by atoms with E-state index in [4.69, 9.17) is 0 Å². The van der Waals surface area contributed by atoms with Crippen LogP contribution in [-0.4, -0.2) is 23.1 Å². The Morgan fingerprint density at radius 2 is 1.79 bits per heavy atom. The van der Waals surface area contributed by atoms with Crippen LogP contribution in [0.1, 0.15) is 26.7 Å². The minimum absolute atomic E-state index is 0.524. The van der Waals surface area contributed by atoms with Gasteiger partial charge in [-0.2, -0.15) is 0 Å². The predicted octanol–water partition coefficient (Wildman–Crippen LogP) is 2.86. The molecule has 78 valence electrons. The van der Waals surface area contributed by atoms with Gasteiger partial charge in [-0.1, -0.05) is 13.8 Å². The van der Waals surface area contributed by atoms with Gasteiger partial charge in [-0.05, 0) is 28.8 Å². The van der Waals surface area contributed by atoms with Crippen molar-refractivity contribution in [1.29, 1.82) is 0 Å². The van der Waals surface area contributed by atoms with Crippen molar-refractivity contribution in [3.63, 3.8) is 0 Å². The zero-order valence-electron chi connectivity index (χ0n) is 8.87. The molecule has 0 aromatic carbocycles. The Hall–Kier alpha value is -0.640. The van der Waals surface area contributed by atoms with E-state index in [1.807, 2.05) is 7.05 Å². The molecule has 1 heterocycles. The molecule has 1 rings (SSSR count). The minimum Gasteiger partial charge on any atom is -0.341 e. The molecule has 0 bridgehead atoms. The number of anilines is 1. The first-order chi connectivity index (χ1) is 6.69. The number of aromatic nitrogens is 2. The lowest BCUT2D eigenvalue weighted by molar-refractivity contribution is 0.581. The van der Waals surface area contributed by atoms with Crippen molar-refractivity contribution >= 4 is 21.9 Å². The number of halogens is 1. The molecular formula is C10H16BrN3. The molecule has 0 atom stereocenters. The average molecular weight is 258 g/mol. The van der Waals surface area contributed by atoms with Crippen molar-refractivity contribution in [2.45, 2.75) is 32.7 Å². The zero-order chi connectivity index (χ0) is 10.6. The molecule has 0 radical (unpaired) electrons. The van der Waals surface area contributed by atoms with Crippen LogP contribution in [0.2, 0.25) is 0 Å². The molecule has 0 unspecified atom stereocenters. The Balaban J connectivity index is 2.77. The number of rotatable bonds is 4. The van der Waals surface area contributed by atoms with E-state index in [9.17, 15) is 0 Å². The van der Waals surface area contributed by atoms with Crippen molar-refractivity contribution in [3.05, 3.63) is 16.9 Å². The summed E-state index contributed by atoms with van der Waals surface area (Å²) < 4.78 is 0.916. The highest BCUT2D eigenvalue weighted by Gasteiger charge is 2.12. The topological polar surface area (TPSA) is 29.0 Å². The van der Waals surface area contributed by atoms with Crippen molar-refractivity contribution in [2.75, 3.05) is 11.9 Å². The minimum atomic E-state index is 0.524. The van der Waals surface area contributed by atoms with Gasteiger partial charge in [0.15, 0.2) is 0 Å². The molecular weight excluding hydrogens is 242 g/mol. The van der Waals surface area contributed by atoms with Crippen LogP contribution in [0.4, 0.5) is 5.95 Å². The highest BCUT2D eigenvalue weighted by Crippen LogP contribution is 2.14. The monoisotopic (exact) mass is 257 g/mol. The first-order valence-corrected chi connectivity index (χ1v) is 5.68. The summed E-state index contributed by atoms with van der Waals surface area (Å²) in [4.78, 5) is 10.7. The third kappa shape index (κ3) is 2.67. The highest BCUT2D eigenvalue weighted by atomic mass is 79.9. The molecule has 0 spiro atoms. The van der Waals surface area contributed by atoms with Gasteiger partial charge < -0.3 is 4.90 Å². The molecule has 0 saturated carbocycles. The zero-order valence-corrected chi connectivity index (χ0v) is 10.5. The van der Waals surface area contributed by atoms with E-state index in [0.29, 0.717) is 6.04 Å². The molecule has 14 heavy (non-hydrogen) atoms. The van der Waals surface area contributed by atoms with E-state index in [2.05, 4.69) is 44.6 Å². The van der Waals surface area contributed by atoms with Gasteiger partial charge in [0.25, 0.3) is 0 Å². The van der Waals surface area contributed by atoms with Gasteiger partial charge in [0.05, 0.1) is 4.47 Å². The summed E-state index contributed by atoms with van der Waals surface area (Å²) in [6, 6.07) is 0.524.